The van der Waals surface area contributed by atoms with Crippen molar-refractivity contribution in [3.8, 4) is 0 Å². The predicted molar refractivity (Wildman–Crippen MR) is 72.4 cm³/mol. The zero-order valence-electron chi connectivity index (χ0n) is 11.5. The Morgan fingerprint density at radius 2 is 2.05 bits per heavy atom. The maximum atomic E-state index is 12.7. The molecular formula is C13H17F3N2O2S. The molecule has 8 heteroatoms. The van der Waals surface area contributed by atoms with Crippen molar-refractivity contribution in [1.82, 2.24) is 10.0 Å². The lowest BCUT2D eigenvalue weighted by Gasteiger charge is -2.24. The van der Waals surface area contributed by atoms with E-state index in [1.54, 1.807) is 0 Å². The summed E-state index contributed by atoms with van der Waals surface area (Å²) in [6, 6.07) is 2.46. The summed E-state index contributed by atoms with van der Waals surface area (Å²) in [4.78, 5) is -0.317. The van der Waals surface area contributed by atoms with Crippen molar-refractivity contribution in [1.29, 1.82) is 0 Å². The molecule has 21 heavy (non-hydrogen) atoms. The summed E-state index contributed by atoms with van der Waals surface area (Å²) in [5, 5.41) is 3.05. The molecule has 2 N–H and O–H groups in total. The van der Waals surface area contributed by atoms with Crippen molar-refractivity contribution >= 4 is 10.0 Å². The van der Waals surface area contributed by atoms with E-state index in [1.807, 2.05) is 0 Å². The largest absolute Gasteiger partial charge is 0.416 e. The summed E-state index contributed by atoms with van der Waals surface area (Å²) < 4.78 is 65.2. The van der Waals surface area contributed by atoms with Crippen molar-refractivity contribution in [3.63, 3.8) is 0 Å². The molecule has 1 fully saturated rings. The zero-order valence-corrected chi connectivity index (χ0v) is 12.3. The molecule has 1 aliphatic heterocycles. The average Bonchev–Trinajstić information content (AvgIpc) is 2.38. The highest BCUT2D eigenvalue weighted by Gasteiger charge is 2.33. The molecule has 1 heterocycles. The van der Waals surface area contributed by atoms with E-state index in [0.29, 0.717) is 24.6 Å². The highest BCUT2D eigenvalue weighted by molar-refractivity contribution is 7.89. The van der Waals surface area contributed by atoms with Gasteiger partial charge >= 0.3 is 6.18 Å². The van der Waals surface area contributed by atoms with Gasteiger partial charge in [-0.1, -0.05) is 6.07 Å². The van der Waals surface area contributed by atoms with Gasteiger partial charge in [0, 0.05) is 12.6 Å². The molecule has 4 nitrogen and oxygen atoms in total. The fraction of sp³-hybridized carbons (Fsp3) is 0.538. The second-order valence-corrected chi connectivity index (χ2v) is 6.83. The number of piperidine rings is 1. The summed E-state index contributed by atoms with van der Waals surface area (Å²) in [5.74, 6) is 0. The zero-order chi connectivity index (χ0) is 15.7. The molecule has 0 radical (unpaired) electrons. The molecule has 0 aliphatic carbocycles. The molecule has 118 valence electrons. The van der Waals surface area contributed by atoms with Gasteiger partial charge in [0.05, 0.1) is 10.5 Å². The summed E-state index contributed by atoms with van der Waals surface area (Å²) in [5.41, 5.74) is -0.672. The molecular weight excluding hydrogens is 305 g/mol. The molecule has 1 unspecified atom stereocenters. The maximum Gasteiger partial charge on any atom is 0.416 e. The Balaban J connectivity index is 2.30. The van der Waals surface area contributed by atoms with Crippen LogP contribution in [0, 0.1) is 6.92 Å². The summed E-state index contributed by atoms with van der Waals surface area (Å²) >= 11 is 0. The molecule has 0 saturated carbocycles. The SMILES string of the molecule is Cc1ccc(C(F)(F)F)cc1S(=O)(=O)NC1CCCNC1. The van der Waals surface area contributed by atoms with Crippen LogP contribution in [-0.2, 0) is 16.2 Å². The lowest BCUT2D eigenvalue weighted by atomic mass is 10.1. The lowest BCUT2D eigenvalue weighted by molar-refractivity contribution is -0.137. The number of rotatable bonds is 3. The first-order valence-corrected chi connectivity index (χ1v) is 8.09. The van der Waals surface area contributed by atoms with Crippen LogP contribution in [0.2, 0.25) is 0 Å². The summed E-state index contributed by atoms with van der Waals surface area (Å²) in [6.45, 7) is 2.78. The maximum absolute atomic E-state index is 12.7. The van der Waals surface area contributed by atoms with Gasteiger partial charge in [0.15, 0.2) is 0 Å². The third-order valence-corrected chi connectivity index (χ3v) is 5.09. The molecule has 0 spiro atoms. The van der Waals surface area contributed by atoms with Crippen LogP contribution in [0.25, 0.3) is 0 Å². The van der Waals surface area contributed by atoms with E-state index in [-0.39, 0.29) is 10.9 Å². The topological polar surface area (TPSA) is 58.2 Å². The number of halogens is 3. The molecule has 1 saturated heterocycles. The van der Waals surface area contributed by atoms with Crippen molar-refractivity contribution in [2.75, 3.05) is 13.1 Å². The molecule has 1 atom stereocenters. The van der Waals surface area contributed by atoms with Gasteiger partial charge < -0.3 is 5.32 Å². The van der Waals surface area contributed by atoms with Crippen LogP contribution in [0.3, 0.4) is 0 Å². The van der Waals surface area contributed by atoms with E-state index in [9.17, 15) is 21.6 Å². The van der Waals surface area contributed by atoms with Gasteiger partial charge in [-0.15, -0.1) is 0 Å². The Hall–Kier alpha value is -1.12. The third kappa shape index (κ3) is 3.96. The number of hydrogen-bond acceptors (Lipinski definition) is 3. The first-order valence-electron chi connectivity index (χ1n) is 6.61. The van der Waals surface area contributed by atoms with Gasteiger partial charge in [-0.3, -0.25) is 0 Å². The first-order chi connectivity index (χ1) is 9.70. The van der Waals surface area contributed by atoms with Gasteiger partial charge in [0.25, 0.3) is 0 Å². The minimum absolute atomic E-state index is 0.291. The fourth-order valence-electron chi connectivity index (χ4n) is 2.30. The monoisotopic (exact) mass is 322 g/mol. The van der Waals surface area contributed by atoms with Crippen LogP contribution in [0.1, 0.15) is 24.0 Å². The Labute approximate surface area is 121 Å². The van der Waals surface area contributed by atoms with Crippen LogP contribution < -0.4 is 10.0 Å². The summed E-state index contributed by atoms with van der Waals surface area (Å²) in [6.07, 6.45) is -3.07. The predicted octanol–water partition coefficient (Wildman–Crippen LogP) is 2.04. The number of benzene rings is 1. The first kappa shape index (κ1) is 16.3. The second-order valence-electron chi connectivity index (χ2n) is 5.14. The van der Waals surface area contributed by atoms with E-state index in [1.165, 1.54) is 13.0 Å². The van der Waals surface area contributed by atoms with Crippen LogP contribution in [0.5, 0.6) is 0 Å². The van der Waals surface area contributed by atoms with Gasteiger partial charge in [0.1, 0.15) is 0 Å². The van der Waals surface area contributed by atoms with E-state index >= 15 is 0 Å². The number of nitrogens with one attached hydrogen (secondary N) is 2. The smallest absolute Gasteiger partial charge is 0.315 e. The van der Waals surface area contributed by atoms with Crippen LogP contribution in [-0.4, -0.2) is 27.5 Å². The number of alkyl halides is 3. The lowest BCUT2D eigenvalue weighted by Crippen LogP contribution is -2.45. The van der Waals surface area contributed by atoms with Crippen molar-refractivity contribution in [2.45, 2.75) is 36.9 Å². The highest BCUT2D eigenvalue weighted by Crippen LogP contribution is 2.31. The fourth-order valence-corrected chi connectivity index (χ4v) is 3.84. The Bertz CT molecular complexity index is 608. The molecule has 0 aromatic heterocycles. The molecule has 0 bridgehead atoms. The minimum Gasteiger partial charge on any atom is -0.315 e. The van der Waals surface area contributed by atoms with Gasteiger partial charge in [-0.05, 0) is 44.0 Å². The van der Waals surface area contributed by atoms with E-state index in [2.05, 4.69) is 10.0 Å². The van der Waals surface area contributed by atoms with E-state index in [4.69, 9.17) is 0 Å². The number of sulfonamides is 1. The Morgan fingerprint density at radius 3 is 2.62 bits per heavy atom. The van der Waals surface area contributed by atoms with Crippen LogP contribution >= 0.6 is 0 Å². The van der Waals surface area contributed by atoms with E-state index < -0.39 is 21.8 Å². The van der Waals surface area contributed by atoms with Gasteiger partial charge in [-0.25, -0.2) is 13.1 Å². The summed E-state index contributed by atoms with van der Waals surface area (Å²) in [7, 11) is -3.96. The molecule has 1 aromatic rings. The third-order valence-electron chi connectivity index (χ3n) is 3.42. The molecule has 2 rings (SSSR count). The quantitative estimate of drug-likeness (QED) is 0.895. The van der Waals surface area contributed by atoms with Crippen LogP contribution in [0.4, 0.5) is 13.2 Å². The van der Waals surface area contributed by atoms with Gasteiger partial charge in [-0.2, -0.15) is 13.2 Å². The van der Waals surface area contributed by atoms with Crippen LogP contribution in [0.15, 0.2) is 23.1 Å². The molecule has 0 amide bonds. The second kappa shape index (κ2) is 5.94. The van der Waals surface area contributed by atoms with E-state index in [0.717, 1.165) is 19.0 Å². The Kier molecular flexibility index (Phi) is 4.60. The molecule has 1 aromatic carbocycles. The average molecular weight is 322 g/mol. The van der Waals surface area contributed by atoms with Crippen molar-refractivity contribution in [3.05, 3.63) is 29.3 Å². The number of hydrogen-bond donors (Lipinski definition) is 2. The highest BCUT2D eigenvalue weighted by atomic mass is 32.2. The minimum atomic E-state index is -4.57. The van der Waals surface area contributed by atoms with Crippen molar-refractivity contribution < 1.29 is 21.6 Å². The normalized spacial score (nSPS) is 20.5. The van der Waals surface area contributed by atoms with Gasteiger partial charge in [0.2, 0.25) is 10.0 Å². The Morgan fingerprint density at radius 1 is 1.33 bits per heavy atom. The molecule has 1 aliphatic rings. The standard InChI is InChI=1S/C13H17F3N2O2S/c1-9-4-5-10(13(14,15)16)7-12(9)21(19,20)18-11-3-2-6-17-8-11/h4-5,7,11,17-18H,2-3,6,8H2,1H3. The number of aryl methyl sites for hydroxylation is 1. The van der Waals surface area contributed by atoms with Crippen molar-refractivity contribution in [2.24, 2.45) is 0 Å².